The maximum absolute atomic E-state index is 4.17. The van der Waals surface area contributed by atoms with Crippen LogP contribution in [0, 0.1) is 6.92 Å². The van der Waals surface area contributed by atoms with Crippen LogP contribution in [-0.4, -0.2) is 15.2 Å². The molecule has 0 aliphatic rings. The maximum Gasteiger partial charge on any atom is 0.141 e. The number of H-pyrrole nitrogens is 1. The van der Waals surface area contributed by atoms with Crippen molar-refractivity contribution in [3.05, 3.63) is 23.3 Å². The summed E-state index contributed by atoms with van der Waals surface area (Å²) >= 11 is 1.61. The minimum Gasteiger partial charge on any atom is -0.275 e. The third-order valence-corrected chi connectivity index (χ3v) is 2.27. The summed E-state index contributed by atoms with van der Waals surface area (Å²) in [5.41, 5.74) is 2.17. The van der Waals surface area contributed by atoms with Crippen molar-refractivity contribution in [3.8, 4) is 10.7 Å². The summed E-state index contributed by atoms with van der Waals surface area (Å²) in [5.74, 6) is 0. The zero-order valence-corrected chi connectivity index (χ0v) is 8.85. The molecule has 0 aliphatic heterocycles. The van der Waals surface area contributed by atoms with E-state index in [-0.39, 0.29) is 0 Å². The van der Waals surface area contributed by atoms with Crippen molar-refractivity contribution in [3.63, 3.8) is 0 Å². The zero-order valence-electron chi connectivity index (χ0n) is 8.03. The smallest absolute Gasteiger partial charge is 0.141 e. The Morgan fingerprint density at radius 1 is 1.38 bits per heavy atom. The Kier molecular flexibility index (Phi) is 3.64. The van der Waals surface area contributed by atoms with Crippen LogP contribution >= 0.6 is 11.3 Å². The van der Waals surface area contributed by atoms with Gasteiger partial charge < -0.3 is 0 Å². The first kappa shape index (κ1) is 9.92. The molecule has 2 heterocycles. The van der Waals surface area contributed by atoms with Gasteiger partial charge in [0.1, 0.15) is 5.01 Å². The van der Waals surface area contributed by atoms with Crippen molar-refractivity contribution in [2.24, 2.45) is 0 Å². The molecule has 0 atom stereocenters. The van der Waals surface area contributed by atoms with Gasteiger partial charge in [-0.1, -0.05) is 13.8 Å². The molecule has 0 saturated heterocycles. The maximum atomic E-state index is 4.17. The molecular formula is C9H13N3S. The van der Waals surface area contributed by atoms with Gasteiger partial charge in [0, 0.05) is 11.6 Å². The van der Waals surface area contributed by atoms with Crippen LogP contribution in [0.25, 0.3) is 10.7 Å². The van der Waals surface area contributed by atoms with E-state index < -0.39 is 0 Å². The molecule has 0 fully saturated rings. The number of aromatic amines is 1. The summed E-state index contributed by atoms with van der Waals surface area (Å²) in [6, 6.07) is 0. The van der Waals surface area contributed by atoms with E-state index in [1.165, 1.54) is 0 Å². The van der Waals surface area contributed by atoms with Crippen molar-refractivity contribution < 1.29 is 0 Å². The average Bonchev–Trinajstić information content (AvgIpc) is 2.77. The van der Waals surface area contributed by atoms with Gasteiger partial charge >= 0.3 is 0 Å². The summed E-state index contributed by atoms with van der Waals surface area (Å²) in [5, 5.41) is 9.78. The summed E-state index contributed by atoms with van der Waals surface area (Å²) in [6.07, 6.45) is 3.59. The van der Waals surface area contributed by atoms with Crippen molar-refractivity contribution in [1.82, 2.24) is 15.2 Å². The van der Waals surface area contributed by atoms with E-state index in [1.54, 1.807) is 23.7 Å². The molecule has 0 radical (unpaired) electrons. The number of nitrogens with zero attached hydrogens (tertiary/aromatic N) is 2. The Balaban J connectivity index is 0.000000396. The van der Waals surface area contributed by atoms with Crippen LogP contribution in [0.3, 0.4) is 0 Å². The van der Waals surface area contributed by atoms with Gasteiger partial charge in [-0.05, 0) is 12.5 Å². The third kappa shape index (κ3) is 2.15. The lowest BCUT2D eigenvalue weighted by Gasteiger charge is -1.89. The molecule has 3 nitrogen and oxygen atoms in total. The van der Waals surface area contributed by atoms with Crippen molar-refractivity contribution >= 4 is 11.3 Å². The first-order valence-corrected chi connectivity index (χ1v) is 5.16. The number of thiazole rings is 1. The minimum atomic E-state index is 1.00. The number of aryl methyl sites for hydroxylation is 1. The molecule has 0 aromatic carbocycles. The van der Waals surface area contributed by atoms with Gasteiger partial charge in [-0.15, -0.1) is 11.3 Å². The highest BCUT2D eigenvalue weighted by Gasteiger charge is 2.04. The molecule has 70 valence electrons. The second kappa shape index (κ2) is 4.77. The Bertz CT molecular complexity index is 337. The zero-order chi connectivity index (χ0) is 9.68. The summed E-state index contributed by atoms with van der Waals surface area (Å²) in [7, 11) is 0. The summed E-state index contributed by atoms with van der Waals surface area (Å²) < 4.78 is 0. The van der Waals surface area contributed by atoms with E-state index in [0.717, 1.165) is 16.3 Å². The highest BCUT2D eigenvalue weighted by molar-refractivity contribution is 7.13. The molecule has 1 N–H and O–H groups in total. The van der Waals surface area contributed by atoms with Crippen molar-refractivity contribution in [2.45, 2.75) is 20.8 Å². The molecule has 0 amide bonds. The highest BCUT2D eigenvalue weighted by atomic mass is 32.1. The second-order valence-electron chi connectivity index (χ2n) is 2.27. The topological polar surface area (TPSA) is 41.6 Å². The standard InChI is InChI=1S/C7H7N3S.C2H6/c1-5-4-9-10-6(5)7-8-2-3-11-7;1-2/h2-4H,1H3,(H,9,10);1-2H3. The number of nitrogens with one attached hydrogen (secondary N) is 1. The predicted molar refractivity (Wildman–Crippen MR) is 55.8 cm³/mol. The van der Waals surface area contributed by atoms with Gasteiger partial charge in [0.2, 0.25) is 0 Å². The Morgan fingerprint density at radius 2 is 2.15 bits per heavy atom. The van der Waals surface area contributed by atoms with Crippen LogP contribution in [-0.2, 0) is 0 Å². The van der Waals surface area contributed by atoms with Gasteiger partial charge in [-0.2, -0.15) is 5.10 Å². The lowest BCUT2D eigenvalue weighted by atomic mass is 10.3. The van der Waals surface area contributed by atoms with E-state index in [2.05, 4.69) is 15.2 Å². The van der Waals surface area contributed by atoms with Crippen LogP contribution < -0.4 is 0 Å². The van der Waals surface area contributed by atoms with Crippen molar-refractivity contribution in [2.75, 3.05) is 0 Å². The summed E-state index contributed by atoms with van der Waals surface area (Å²) in [4.78, 5) is 4.17. The fourth-order valence-electron chi connectivity index (χ4n) is 0.910. The van der Waals surface area contributed by atoms with Crippen LogP contribution in [0.4, 0.5) is 0 Å². The molecule has 0 unspecified atom stereocenters. The molecule has 4 heteroatoms. The van der Waals surface area contributed by atoms with E-state index in [4.69, 9.17) is 0 Å². The monoisotopic (exact) mass is 195 g/mol. The molecule has 0 spiro atoms. The van der Waals surface area contributed by atoms with E-state index in [0.29, 0.717) is 0 Å². The lowest BCUT2D eigenvalue weighted by molar-refractivity contribution is 1.09. The molecule has 2 aromatic heterocycles. The van der Waals surface area contributed by atoms with Crippen LogP contribution in [0.2, 0.25) is 0 Å². The van der Waals surface area contributed by atoms with Crippen LogP contribution in [0.5, 0.6) is 0 Å². The van der Waals surface area contributed by atoms with Gasteiger partial charge in [-0.3, -0.25) is 5.10 Å². The number of aromatic nitrogens is 3. The van der Waals surface area contributed by atoms with E-state index >= 15 is 0 Å². The lowest BCUT2D eigenvalue weighted by Crippen LogP contribution is -1.77. The minimum absolute atomic E-state index is 1.00. The fraction of sp³-hybridized carbons (Fsp3) is 0.333. The quantitative estimate of drug-likeness (QED) is 0.760. The van der Waals surface area contributed by atoms with E-state index in [1.807, 2.05) is 26.2 Å². The third-order valence-electron chi connectivity index (χ3n) is 1.48. The largest absolute Gasteiger partial charge is 0.275 e. The Hall–Kier alpha value is -1.16. The Labute approximate surface area is 81.8 Å². The van der Waals surface area contributed by atoms with Crippen LogP contribution in [0.1, 0.15) is 19.4 Å². The van der Waals surface area contributed by atoms with Gasteiger partial charge in [0.05, 0.1) is 11.9 Å². The first-order valence-electron chi connectivity index (χ1n) is 4.28. The SMILES string of the molecule is CC.Cc1cn[nH]c1-c1nccs1. The molecular weight excluding hydrogens is 182 g/mol. The molecule has 0 saturated carbocycles. The van der Waals surface area contributed by atoms with Gasteiger partial charge in [0.25, 0.3) is 0 Å². The molecule has 13 heavy (non-hydrogen) atoms. The predicted octanol–water partition coefficient (Wildman–Crippen LogP) is 2.87. The van der Waals surface area contributed by atoms with Gasteiger partial charge in [0.15, 0.2) is 0 Å². The molecule has 0 bridgehead atoms. The normalized spacial score (nSPS) is 9.15. The highest BCUT2D eigenvalue weighted by Crippen LogP contribution is 2.21. The van der Waals surface area contributed by atoms with Gasteiger partial charge in [-0.25, -0.2) is 4.98 Å². The Morgan fingerprint density at radius 3 is 2.62 bits per heavy atom. The molecule has 2 aromatic rings. The number of hydrogen-bond acceptors (Lipinski definition) is 3. The summed E-state index contributed by atoms with van der Waals surface area (Å²) in [6.45, 7) is 6.01. The molecule has 0 aliphatic carbocycles. The molecule has 2 rings (SSSR count). The average molecular weight is 195 g/mol. The number of hydrogen-bond donors (Lipinski definition) is 1. The first-order chi connectivity index (χ1) is 6.38. The van der Waals surface area contributed by atoms with Crippen molar-refractivity contribution in [1.29, 1.82) is 0 Å². The fourth-order valence-corrected chi connectivity index (χ4v) is 1.61. The van der Waals surface area contributed by atoms with Crippen LogP contribution in [0.15, 0.2) is 17.8 Å². The second-order valence-corrected chi connectivity index (χ2v) is 3.16. The van der Waals surface area contributed by atoms with E-state index in [9.17, 15) is 0 Å². The number of rotatable bonds is 1.